The van der Waals surface area contributed by atoms with Crippen molar-refractivity contribution in [2.24, 2.45) is 5.92 Å². The molecular weight excluding hydrogens is 252 g/mol. The van der Waals surface area contributed by atoms with Gasteiger partial charge in [0, 0.05) is 12.5 Å². The summed E-state index contributed by atoms with van der Waals surface area (Å²) >= 11 is 0. The molecule has 104 valence electrons. The Labute approximate surface area is 110 Å². The van der Waals surface area contributed by atoms with Crippen molar-refractivity contribution in [1.29, 1.82) is 0 Å². The topological polar surface area (TPSA) is 49.3 Å². The number of hydrogen-bond acceptors (Lipinski definition) is 2. The number of benzene rings is 1. The van der Waals surface area contributed by atoms with Gasteiger partial charge >= 0.3 is 5.97 Å². The molecule has 0 amide bonds. The van der Waals surface area contributed by atoms with E-state index < -0.39 is 17.6 Å². The lowest BCUT2D eigenvalue weighted by molar-refractivity contribution is -0.138. The molecule has 2 unspecified atom stereocenters. The van der Waals surface area contributed by atoms with Gasteiger partial charge in [-0.2, -0.15) is 0 Å². The van der Waals surface area contributed by atoms with Gasteiger partial charge in [-0.1, -0.05) is 6.07 Å². The number of piperidine rings is 1. The van der Waals surface area contributed by atoms with Crippen molar-refractivity contribution in [2.75, 3.05) is 6.54 Å². The molecule has 1 aliphatic heterocycles. The molecule has 1 aromatic carbocycles. The van der Waals surface area contributed by atoms with E-state index in [2.05, 4.69) is 5.32 Å². The number of hydrogen-bond donors (Lipinski definition) is 2. The molecule has 0 aromatic heterocycles. The normalized spacial score (nSPS) is 23.3. The first kappa shape index (κ1) is 13.9. The molecule has 1 aliphatic rings. The van der Waals surface area contributed by atoms with Gasteiger partial charge < -0.3 is 10.4 Å². The van der Waals surface area contributed by atoms with Gasteiger partial charge in [0.2, 0.25) is 0 Å². The molecule has 0 saturated carbocycles. The van der Waals surface area contributed by atoms with Crippen LogP contribution in [0, 0.1) is 17.6 Å². The Morgan fingerprint density at radius 1 is 1.37 bits per heavy atom. The average Bonchev–Trinajstić information content (AvgIpc) is 2.33. The van der Waals surface area contributed by atoms with Gasteiger partial charge in [0.25, 0.3) is 0 Å². The molecule has 2 N–H and O–H groups in total. The molecule has 1 aromatic rings. The van der Waals surface area contributed by atoms with Crippen LogP contribution in [0.4, 0.5) is 8.78 Å². The highest BCUT2D eigenvalue weighted by Gasteiger charge is 2.23. The first-order chi connectivity index (χ1) is 9.04. The summed E-state index contributed by atoms with van der Waals surface area (Å²) < 4.78 is 25.9. The molecule has 0 bridgehead atoms. The number of rotatable bonds is 4. The van der Waals surface area contributed by atoms with Gasteiger partial charge in [0.15, 0.2) is 11.6 Å². The third kappa shape index (κ3) is 3.99. The minimum Gasteiger partial charge on any atom is -0.481 e. The fourth-order valence-electron chi connectivity index (χ4n) is 2.63. The summed E-state index contributed by atoms with van der Waals surface area (Å²) in [6.07, 6.45) is 2.37. The van der Waals surface area contributed by atoms with Crippen molar-refractivity contribution in [3.8, 4) is 0 Å². The number of carbonyl (C=O) groups is 1. The minimum absolute atomic E-state index is 0.128. The maximum absolute atomic E-state index is 13.1. The van der Waals surface area contributed by atoms with Crippen LogP contribution < -0.4 is 5.32 Å². The zero-order valence-corrected chi connectivity index (χ0v) is 10.5. The van der Waals surface area contributed by atoms with Gasteiger partial charge in [0.05, 0.1) is 0 Å². The van der Waals surface area contributed by atoms with Gasteiger partial charge in [-0.05, 0) is 49.4 Å². The molecule has 19 heavy (non-hydrogen) atoms. The highest BCUT2D eigenvalue weighted by Crippen LogP contribution is 2.22. The third-order valence-corrected chi connectivity index (χ3v) is 3.53. The van der Waals surface area contributed by atoms with Crippen LogP contribution in [0.5, 0.6) is 0 Å². The van der Waals surface area contributed by atoms with Crippen LogP contribution >= 0.6 is 0 Å². The summed E-state index contributed by atoms with van der Waals surface area (Å²) in [6.45, 7) is 0.770. The minimum atomic E-state index is -0.843. The van der Waals surface area contributed by atoms with Gasteiger partial charge in [0.1, 0.15) is 0 Å². The van der Waals surface area contributed by atoms with E-state index in [1.165, 1.54) is 6.07 Å². The van der Waals surface area contributed by atoms with Crippen LogP contribution in [0.1, 0.15) is 24.8 Å². The zero-order chi connectivity index (χ0) is 13.8. The smallest absolute Gasteiger partial charge is 0.303 e. The Bertz CT molecular complexity index is 465. The molecule has 5 heteroatoms. The number of aliphatic carboxylic acids is 1. The molecule has 0 radical (unpaired) electrons. The number of carboxylic acid groups (broad SMARTS) is 1. The van der Waals surface area contributed by atoms with E-state index in [-0.39, 0.29) is 18.4 Å². The Morgan fingerprint density at radius 3 is 2.84 bits per heavy atom. The summed E-state index contributed by atoms with van der Waals surface area (Å²) in [5.74, 6) is -2.30. The number of halogens is 2. The molecule has 1 heterocycles. The molecule has 3 nitrogen and oxygen atoms in total. The number of carboxylic acids is 1. The SMILES string of the molecule is O=C(O)CC1CCNC(Cc2ccc(F)c(F)c2)C1. The van der Waals surface area contributed by atoms with Crippen molar-refractivity contribution in [1.82, 2.24) is 5.32 Å². The lowest BCUT2D eigenvalue weighted by Gasteiger charge is -2.29. The third-order valence-electron chi connectivity index (χ3n) is 3.53. The predicted molar refractivity (Wildman–Crippen MR) is 66.8 cm³/mol. The predicted octanol–water partition coefficient (Wildman–Crippen LogP) is 2.35. The van der Waals surface area contributed by atoms with Gasteiger partial charge in [-0.15, -0.1) is 0 Å². The van der Waals surface area contributed by atoms with Crippen molar-refractivity contribution < 1.29 is 18.7 Å². The fraction of sp³-hybridized carbons (Fsp3) is 0.500. The molecule has 2 atom stereocenters. The standard InChI is InChI=1S/C14H17F2NO2/c15-12-2-1-9(7-13(12)16)5-11-6-10(3-4-17-11)8-14(18)19/h1-2,7,10-11,17H,3-6,8H2,(H,18,19). The fourth-order valence-corrected chi connectivity index (χ4v) is 2.63. The van der Waals surface area contributed by atoms with Crippen LogP contribution in [0.2, 0.25) is 0 Å². The van der Waals surface area contributed by atoms with E-state index in [1.54, 1.807) is 6.07 Å². The first-order valence-electron chi connectivity index (χ1n) is 6.43. The van der Waals surface area contributed by atoms with Crippen LogP contribution in [0.15, 0.2) is 18.2 Å². The summed E-state index contributed by atoms with van der Waals surface area (Å²) in [5.41, 5.74) is 0.729. The molecular formula is C14H17F2NO2. The lowest BCUT2D eigenvalue weighted by Crippen LogP contribution is -2.40. The van der Waals surface area contributed by atoms with Crippen molar-refractivity contribution in [3.63, 3.8) is 0 Å². The maximum Gasteiger partial charge on any atom is 0.303 e. The highest BCUT2D eigenvalue weighted by atomic mass is 19.2. The molecule has 0 spiro atoms. The van der Waals surface area contributed by atoms with E-state index in [4.69, 9.17) is 5.11 Å². The second-order valence-electron chi connectivity index (χ2n) is 5.09. The Kier molecular flexibility index (Phi) is 4.47. The van der Waals surface area contributed by atoms with Crippen molar-refractivity contribution >= 4 is 5.97 Å². The Balaban J connectivity index is 1.94. The maximum atomic E-state index is 13.1. The molecule has 1 fully saturated rings. The zero-order valence-electron chi connectivity index (χ0n) is 10.5. The van der Waals surface area contributed by atoms with Crippen LogP contribution in [-0.4, -0.2) is 23.7 Å². The first-order valence-corrected chi connectivity index (χ1v) is 6.43. The summed E-state index contributed by atoms with van der Waals surface area (Å²) in [5, 5.41) is 12.1. The average molecular weight is 269 g/mol. The highest BCUT2D eigenvalue weighted by molar-refractivity contribution is 5.67. The van der Waals surface area contributed by atoms with E-state index in [0.29, 0.717) is 6.42 Å². The van der Waals surface area contributed by atoms with Crippen molar-refractivity contribution in [2.45, 2.75) is 31.7 Å². The van der Waals surface area contributed by atoms with Gasteiger partial charge in [-0.3, -0.25) is 4.79 Å². The quantitative estimate of drug-likeness (QED) is 0.882. The second-order valence-corrected chi connectivity index (χ2v) is 5.09. The molecule has 2 rings (SSSR count). The van der Waals surface area contributed by atoms with Crippen LogP contribution in [0.3, 0.4) is 0 Å². The van der Waals surface area contributed by atoms with Crippen LogP contribution in [-0.2, 0) is 11.2 Å². The van der Waals surface area contributed by atoms with E-state index in [9.17, 15) is 13.6 Å². The summed E-state index contributed by atoms with van der Waals surface area (Å²) in [7, 11) is 0. The monoisotopic (exact) mass is 269 g/mol. The molecule has 0 aliphatic carbocycles. The second kappa shape index (κ2) is 6.10. The van der Waals surface area contributed by atoms with E-state index in [1.807, 2.05) is 0 Å². The Morgan fingerprint density at radius 2 is 2.16 bits per heavy atom. The summed E-state index contributed by atoms with van der Waals surface area (Å²) in [6, 6.07) is 4.03. The number of nitrogens with one attached hydrogen (secondary N) is 1. The van der Waals surface area contributed by atoms with Crippen LogP contribution in [0.25, 0.3) is 0 Å². The van der Waals surface area contributed by atoms with Crippen molar-refractivity contribution in [3.05, 3.63) is 35.4 Å². The largest absolute Gasteiger partial charge is 0.481 e. The Hall–Kier alpha value is -1.49. The van der Waals surface area contributed by atoms with E-state index in [0.717, 1.165) is 31.0 Å². The molecule has 1 saturated heterocycles. The lowest BCUT2D eigenvalue weighted by atomic mass is 9.87. The van der Waals surface area contributed by atoms with E-state index >= 15 is 0 Å². The van der Waals surface area contributed by atoms with Gasteiger partial charge in [-0.25, -0.2) is 8.78 Å². The summed E-state index contributed by atoms with van der Waals surface area (Å²) in [4.78, 5) is 10.7.